The molecule has 1 aromatic heterocycles. The number of amides is 1. The molecule has 1 amide bonds. The van der Waals surface area contributed by atoms with Crippen LogP contribution in [0.1, 0.15) is 25.5 Å². The lowest BCUT2D eigenvalue weighted by Gasteiger charge is -2.10. The Bertz CT molecular complexity index is 1120. The van der Waals surface area contributed by atoms with Crippen molar-refractivity contribution in [3.05, 3.63) is 69.3 Å². The number of aromatic nitrogens is 1. The number of nitrogens with zero attached hydrogens (tertiary/aromatic N) is 2. The van der Waals surface area contributed by atoms with Crippen molar-refractivity contribution in [3.63, 3.8) is 0 Å². The summed E-state index contributed by atoms with van der Waals surface area (Å²) in [4.78, 5) is 20.6. The summed E-state index contributed by atoms with van der Waals surface area (Å²) >= 11 is 9.12. The van der Waals surface area contributed by atoms with E-state index in [0.717, 1.165) is 6.42 Å². The Hall–Kier alpha value is -2.10. The predicted molar refractivity (Wildman–Crippen MR) is 112 cm³/mol. The van der Waals surface area contributed by atoms with Crippen molar-refractivity contribution >= 4 is 49.2 Å². The molecule has 10 heteroatoms. The Kier molecular flexibility index (Phi) is 6.50. The van der Waals surface area contributed by atoms with E-state index in [4.69, 9.17) is 11.6 Å². The number of rotatable bonds is 6. The number of nitrogens with one attached hydrogen (secondary N) is 1. The molecule has 152 valence electrons. The topological polar surface area (TPSA) is 88.5 Å². The summed E-state index contributed by atoms with van der Waals surface area (Å²) in [6.45, 7) is 1.94. The smallest absolute Gasteiger partial charge is 0.266 e. The number of pyridine rings is 1. The molecule has 2 heterocycles. The van der Waals surface area contributed by atoms with Crippen molar-refractivity contribution in [3.8, 4) is 0 Å². The van der Waals surface area contributed by atoms with Crippen LogP contribution in [0.2, 0.25) is 5.02 Å². The monoisotopic (exact) mass is 499 g/mol. The number of benzene rings is 1. The summed E-state index contributed by atoms with van der Waals surface area (Å²) in [5.74, 6) is -1.83. The first kappa shape index (κ1) is 21.6. The lowest BCUT2D eigenvalue weighted by Crippen LogP contribution is -2.31. The first-order chi connectivity index (χ1) is 13.7. The number of halogens is 3. The first-order valence-corrected chi connectivity index (χ1v) is 11.3. The van der Waals surface area contributed by atoms with Gasteiger partial charge in [-0.3, -0.25) is 9.78 Å². The molecule has 6 nitrogen and oxygen atoms in total. The van der Waals surface area contributed by atoms with Gasteiger partial charge in [-0.2, -0.15) is 0 Å². The molecule has 0 bridgehead atoms. The van der Waals surface area contributed by atoms with E-state index in [1.165, 1.54) is 36.5 Å². The van der Waals surface area contributed by atoms with Crippen molar-refractivity contribution in [1.29, 1.82) is 0 Å². The minimum atomic E-state index is -4.26. The first-order valence-electron chi connectivity index (χ1n) is 8.67. The molecular formula is C19H16BrClFN3O3S. The van der Waals surface area contributed by atoms with E-state index in [9.17, 15) is 17.6 Å². The largest absolute Gasteiger partial charge is 0.283 e. The van der Waals surface area contributed by atoms with Crippen LogP contribution in [0.4, 0.5) is 4.39 Å². The maximum absolute atomic E-state index is 14.2. The van der Waals surface area contributed by atoms with Crippen LogP contribution in [0, 0.1) is 11.7 Å². The standard InChI is InChI=1S/C19H16BrClFN3O3S/c1-2-5-11-10-15(24-16(11)17-14(22)8-4-9-23-17)19(26)25-29(27,28)18-12(20)6-3-7-13(18)21/h3-4,6-11H,2,5H2,1H3,(H,25,26). The van der Waals surface area contributed by atoms with Gasteiger partial charge in [0.25, 0.3) is 15.9 Å². The van der Waals surface area contributed by atoms with Gasteiger partial charge in [0.05, 0.1) is 10.7 Å². The molecule has 0 saturated carbocycles. The number of hydrogen-bond acceptors (Lipinski definition) is 5. The molecule has 1 aliphatic rings. The van der Waals surface area contributed by atoms with Gasteiger partial charge in [-0.1, -0.05) is 31.0 Å². The number of sulfonamides is 1. The molecule has 0 saturated heterocycles. The van der Waals surface area contributed by atoms with Gasteiger partial charge >= 0.3 is 0 Å². The molecule has 3 rings (SSSR count). The lowest BCUT2D eigenvalue weighted by molar-refractivity contribution is -0.115. The molecule has 0 fully saturated rings. The third-order valence-corrected chi connectivity index (χ3v) is 6.98. The Morgan fingerprint density at radius 3 is 2.72 bits per heavy atom. The Morgan fingerprint density at radius 1 is 1.31 bits per heavy atom. The maximum Gasteiger partial charge on any atom is 0.283 e. The van der Waals surface area contributed by atoms with Crippen molar-refractivity contribution in [2.45, 2.75) is 24.7 Å². The fourth-order valence-electron chi connectivity index (χ4n) is 2.94. The van der Waals surface area contributed by atoms with Crippen molar-refractivity contribution in [2.75, 3.05) is 0 Å². The maximum atomic E-state index is 14.2. The van der Waals surface area contributed by atoms with Gasteiger partial charge in [0.15, 0.2) is 5.82 Å². The average Bonchev–Trinajstić information content (AvgIpc) is 3.05. The van der Waals surface area contributed by atoms with E-state index in [0.29, 0.717) is 12.1 Å². The molecule has 0 aliphatic carbocycles. The van der Waals surface area contributed by atoms with Gasteiger partial charge in [0.1, 0.15) is 16.3 Å². The minimum absolute atomic E-state index is 0.0383. The summed E-state index contributed by atoms with van der Waals surface area (Å²) in [5.41, 5.74) is 0.225. The zero-order valence-electron chi connectivity index (χ0n) is 15.2. The van der Waals surface area contributed by atoms with Crippen LogP contribution in [-0.2, 0) is 14.8 Å². The van der Waals surface area contributed by atoms with Gasteiger partial charge in [-0.05, 0) is 52.7 Å². The summed E-state index contributed by atoms with van der Waals surface area (Å²) in [6, 6.07) is 7.18. The van der Waals surface area contributed by atoms with E-state index in [-0.39, 0.29) is 31.7 Å². The zero-order valence-corrected chi connectivity index (χ0v) is 18.4. The number of aliphatic imine (C=N–C) groups is 1. The Labute approximate surface area is 181 Å². The zero-order chi connectivity index (χ0) is 21.2. The summed E-state index contributed by atoms with van der Waals surface area (Å²) in [5, 5.41) is -0.0383. The third kappa shape index (κ3) is 4.57. The van der Waals surface area contributed by atoms with Gasteiger partial charge in [-0.15, -0.1) is 0 Å². The highest BCUT2D eigenvalue weighted by atomic mass is 79.9. The summed E-state index contributed by atoms with van der Waals surface area (Å²) < 4.78 is 41.7. The fraction of sp³-hybridized carbons (Fsp3) is 0.211. The Morgan fingerprint density at radius 2 is 2.07 bits per heavy atom. The SMILES string of the molecule is CCCC1C=C(C(=O)NS(=O)(=O)c2c(Cl)cccc2Br)N=C1c1ncccc1F. The molecular weight excluding hydrogens is 485 g/mol. The van der Waals surface area contributed by atoms with Gasteiger partial charge < -0.3 is 0 Å². The van der Waals surface area contributed by atoms with Crippen molar-refractivity contribution in [1.82, 2.24) is 9.71 Å². The Balaban J connectivity index is 1.93. The highest BCUT2D eigenvalue weighted by Gasteiger charge is 2.31. The summed E-state index contributed by atoms with van der Waals surface area (Å²) in [7, 11) is -4.26. The van der Waals surface area contributed by atoms with Crippen LogP contribution >= 0.6 is 27.5 Å². The predicted octanol–water partition coefficient (Wildman–Crippen LogP) is 4.24. The van der Waals surface area contributed by atoms with Crippen molar-refractivity contribution in [2.24, 2.45) is 10.9 Å². The van der Waals surface area contributed by atoms with E-state index in [1.807, 2.05) is 11.6 Å². The normalized spacial score (nSPS) is 16.3. The second-order valence-electron chi connectivity index (χ2n) is 6.26. The number of hydrogen-bond donors (Lipinski definition) is 1. The molecule has 0 spiro atoms. The second kappa shape index (κ2) is 8.73. The lowest BCUT2D eigenvalue weighted by atomic mass is 9.96. The highest BCUT2D eigenvalue weighted by molar-refractivity contribution is 9.10. The third-order valence-electron chi connectivity index (χ3n) is 4.20. The van der Waals surface area contributed by atoms with Crippen LogP contribution in [0.3, 0.4) is 0 Å². The second-order valence-corrected chi connectivity index (χ2v) is 9.14. The number of allylic oxidation sites excluding steroid dienone is 1. The van der Waals surface area contributed by atoms with Crippen molar-refractivity contribution < 1.29 is 17.6 Å². The molecule has 1 aromatic carbocycles. The number of carbonyl (C=O) groups excluding carboxylic acids is 1. The van der Waals surface area contributed by atoms with E-state index in [1.54, 1.807) is 6.07 Å². The molecule has 0 radical (unpaired) electrons. The molecule has 29 heavy (non-hydrogen) atoms. The number of carbonyl (C=O) groups is 1. The van der Waals surface area contributed by atoms with Crippen LogP contribution in [0.5, 0.6) is 0 Å². The molecule has 1 atom stereocenters. The van der Waals surface area contributed by atoms with Crippen LogP contribution in [0.15, 0.2) is 62.7 Å². The average molecular weight is 501 g/mol. The van der Waals surface area contributed by atoms with Gasteiger partial charge in [0.2, 0.25) is 0 Å². The molecule has 1 N–H and O–H groups in total. The van der Waals surface area contributed by atoms with Crippen LogP contribution in [0.25, 0.3) is 0 Å². The summed E-state index contributed by atoms with van der Waals surface area (Å²) in [6.07, 6.45) is 4.32. The quantitative estimate of drug-likeness (QED) is 0.642. The van der Waals surface area contributed by atoms with E-state index in [2.05, 4.69) is 25.9 Å². The molecule has 1 aliphatic heterocycles. The van der Waals surface area contributed by atoms with Crippen LogP contribution < -0.4 is 4.72 Å². The van der Waals surface area contributed by atoms with Gasteiger partial charge in [0, 0.05) is 16.6 Å². The van der Waals surface area contributed by atoms with Crippen LogP contribution in [-0.4, -0.2) is 25.0 Å². The minimum Gasteiger partial charge on any atom is -0.266 e. The van der Waals surface area contributed by atoms with E-state index < -0.39 is 21.7 Å². The van der Waals surface area contributed by atoms with E-state index >= 15 is 0 Å². The van der Waals surface area contributed by atoms with Gasteiger partial charge in [-0.25, -0.2) is 22.5 Å². The molecule has 1 unspecified atom stereocenters. The fourth-order valence-corrected chi connectivity index (χ4v) is 5.64. The molecule has 2 aromatic rings. The highest BCUT2D eigenvalue weighted by Crippen LogP contribution is 2.30.